The van der Waals surface area contributed by atoms with Gasteiger partial charge in [0.15, 0.2) is 0 Å². The van der Waals surface area contributed by atoms with Gasteiger partial charge >= 0.3 is 0 Å². The summed E-state index contributed by atoms with van der Waals surface area (Å²) in [6.07, 6.45) is 17.4. The third-order valence-electron chi connectivity index (χ3n) is 7.31. The summed E-state index contributed by atoms with van der Waals surface area (Å²) in [7, 11) is 0. The molecule has 0 radical (unpaired) electrons. The molecule has 2 heteroatoms. The minimum absolute atomic E-state index is 0.532. The molecule has 2 aliphatic heterocycles. The van der Waals surface area contributed by atoms with E-state index in [1.165, 1.54) is 76.8 Å². The van der Waals surface area contributed by atoms with Gasteiger partial charge in [-0.25, -0.2) is 0 Å². The second-order valence-corrected chi connectivity index (χ2v) is 8.47. The second kappa shape index (κ2) is 6.27. The van der Waals surface area contributed by atoms with Crippen LogP contribution in [0.2, 0.25) is 0 Å². The average molecular weight is 315 g/mol. The van der Waals surface area contributed by atoms with Crippen LogP contribution < -0.4 is 0 Å². The molecule has 0 aromatic rings. The fraction of sp³-hybridized carbons (Fsp3) is 0.810. The number of fused-ring (bicyclic) bond motifs is 1. The zero-order valence-electron chi connectivity index (χ0n) is 15.1. The highest BCUT2D eigenvalue weighted by Crippen LogP contribution is 2.62. The lowest BCUT2D eigenvalue weighted by Gasteiger charge is -2.41. The molecule has 0 amide bonds. The van der Waals surface area contributed by atoms with Crippen LogP contribution in [-0.2, 0) is 0 Å². The highest BCUT2D eigenvalue weighted by atomic mass is 15.2. The van der Waals surface area contributed by atoms with E-state index in [0.29, 0.717) is 5.41 Å². The lowest BCUT2D eigenvalue weighted by molar-refractivity contribution is 0.106. The first-order valence-corrected chi connectivity index (χ1v) is 10.1. The summed E-state index contributed by atoms with van der Waals surface area (Å²) < 4.78 is 0. The summed E-state index contributed by atoms with van der Waals surface area (Å²) in [6, 6.07) is 0.861. The van der Waals surface area contributed by atoms with E-state index in [4.69, 9.17) is 0 Å². The van der Waals surface area contributed by atoms with Crippen molar-refractivity contribution >= 4 is 0 Å². The molecule has 2 saturated heterocycles. The van der Waals surface area contributed by atoms with Gasteiger partial charge in [0.2, 0.25) is 0 Å². The first kappa shape index (κ1) is 15.7. The maximum absolute atomic E-state index is 2.78. The maximum Gasteiger partial charge on any atom is 0.0325 e. The molecule has 4 rings (SSSR count). The van der Waals surface area contributed by atoms with Gasteiger partial charge in [0.1, 0.15) is 0 Å². The first-order valence-electron chi connectivity index (χ1n) is 10.1. The smallest absolute Gasteiger partial charge is 0.0325 e. The summed E-state index contributed by atoms with van der Waals surface area (Å²) >= 11 is 0. The van der Waals surface area contributed by atoms with Gasteiger partial charge in [-0.3, -0.25) is 0 Å². The summed E-state index contributed by atoms with van der Waals surface area (Å²) in [4.78, 5) is 5.44. The number of hydrogen-bond acceptors (Lipinski definition) is 2. The van der Waals surface area contributed by atoms with Gasteiger partial charge in [0.05, 0.1) is 0 Å². The van der Waals surface area contributed by atoms with E-state index in [9.17, 15) is 0 Å². The van der Waals surface area contributed by atoms with E-state index >= 15 is 0 Å². The highest BCUT2D eigenvalue weighted by molar-refractivity contribution is 5.36. The van der Waals surface area contributed by atoms with E-state index in [1.54, 1.807) is 0 Å². The zero-order chi connectivity index (χ0) is 15.9. The summed E-state index contributed by atoms with van der Waals surface area (Å²) in [5.74, 6) is 1.67. The average Bonchev–Trinajstić information content (AvgIpc) is 3.37. The number of rotatable bonds is 4. The Morgan fingerprint density at radius 2 is 1.87 bits per heavy atom. The van der Waals surface area contributed by atoms with Crippen LogP contribution in [0.25, 0.3) is 0 Å². The fourth-order valence-corrected chi connectivity index (χ4v) is 5.32. The van der Waals surface area contributed by atoms with Gasteiger partial charge in [-0.05, 0) is 68.5 Å². The van der Waals surface area contributed by atoms with Crippen LogP contribution in [-0.4, -0.2) is 42.0 Å². The number of likely N-dealkylation sites (tertiary alicyclic amines) is 2. The van der Waals surface area contributed by atoms with Gasteiger partial charge < -0.3 is 9.80 Å². The van der Waals surface area contributed by atoms with Crippen LogP contribution in [0.4, 0.5) is 0 Å². The summed E-state index contributed by atoms with van der Waals surface area (Å²) in [5, 5.41) is 0. The van der Waals surface area contributed by atoms with Crippen LogP contribution in [0.1, 0.15) is 58.8 Å². The van der Waals surface area contributed by atoms with Crippen molar-refractivity contribution in [1.29, 1.82) is 0 Å². The second-order valence-electron chi connectivity index (χ2n) is 8.47. The van der Waals surface area contributed by atoms with Crippen molar-refractivity contribution < 1.29 is 0 Å². The summed E-state index contributed by atoms with van der Waals surface area (Å²) in [5.41, 5.74) is 2.06. The van der Waals surface area contributed by atoms with Crippen molar-refractivity contribution in [2.24, 2.45) is 17.3 Å². The van der Waals surface area contributed by atoms with Gasteiger partial charge in [0.25, 0.3) is 0 Å². The molecule has 23 heavy (non-hydrogen) atoms. The van der Waals surface area contributed by atoms with Gasteiger partial charge in [0, 0.05) is 24.8 Å². The number of allylic oxidation sites excluding steroid dienone is 3. The third-order valence-corrected chi connectivity index (χ3v) is 7.31. The van der Waals surface area contributed by atoms with E-state index in [2.05, 4.69) is 41.9 Å². The molecule has 0 aromatic heterocycles. The van der Waals surface area contributed by atoms with Crippen molar-refractivity contribution in [1.82, 2.24) is 9.80 Å². The molecule has 3 atom stereocenters. The Morgan fingerprint density at radius 3 is 2.52 bits per heavy atom. The Morgan fingerprint density at radius 1 is 1.13 bits per heavy atom. The molecule has 3 fully saturated rings. The van der Waals surface area contributed by atoms with Crippen LogP contribution in [0, 0.1) is 17.3 Å². The molecular weight excluding hydrogens is 280 g/mol. The highest BCUT2D eigenvalue weighted by Gasteiger charge is 2.55. The van der Waals surface area contributed by atoms with Crippen molar-refractivity contribution in [2.75, 3.05) is 26.2 Å². The Balaban J connectivity index is 1.33. The molecular formula is C21H34N2. The minimum Gasteiger partial charge on any atom is -0.372 e. The number of nitrogens with zero attached hydrogens (tertiary/aromatic N) is 2. The monoisotopic (exact) mass is 314 g/mol. The Bertz CT molecular complexity index is 480. The molecule has 1 saturated carbocycles. The molecule has 128 valence electrons. The predicted octanol–water partition coefficient (Wildman–Crippen LogP) is 4.44. The molecule has 0 bridgehead atoms. The predicted molar refractivity (Wildman–Crippen MR) is 97.2 cm³/mol. The van der Waals surface area contributed by atoms with Crippen molar-refractivity contribution in [3.8, 4) is 0 Å². The van der Waals surface area contributed by atoms with E-state index in [0.717, 1.165) is 17.9 Å². The Kier molecular flexibility index (Phi) is 4.30. The van der Waals surface area contributed by atoms with Gasteiger partial charge in [-0.2, -0.15) is 0 Å². The largest absolute Gasteiger partial charge is 0.372 e. The molecule has 2 nitrogen and oxygen atoms in total. The van der Waals surface area contributed by atoms with E-state index < -0.39 is 0 Å². The molecule has 0 aromatic carbocycles. The molecule has 2 aliphatic carbocycles. The van der Waals surface area contributed by atoms with Gasteiger partial charge in [-0.15, -0.1) is 0 Å². The third kappa shape index (κ3) is 2.88. The van der Waals surface area contributed by atoms with Crippen molar-refractivity contribution in [3.05, 3.63) is 23.9 Å². The summed E-state index contributed by atoms with van der Waals surface area (Å²) in [6.45, 7) is 10.0. The quantitative estimate of drug-likeness (QED) is 0.757. The van der Waals surface area contributed by atoms with E-state index in [-0.39, 0.29) is 0 Å². The minimum atomic E-state index is 0.532. The van der Waals surface area contributed by atoms with Gasteiger partial charge in [-0.1, -0.05) is 38.8 Å². The van der Waals surface area contributed by atoms with E-state index in [1.807, 2.05) is 0 Å². The lowest BCUT2D eigenvalue weighted by atomic mass is 9.83. The molecule has 3 unspecified atom stereocenters. The number of hydrogen-bond donors (Lipinski definition) is 0. The Hall–Kier alpha value is -0.760. The lowest BCUT2D eigenvalue weighted by Crippen LogP contribution is -2.46. The standard InChI is InChI=1S/C21H34N2/c1-3-17(2)21-10-7-20(15-18(21)16-21)23-13-8-19(9-14-23)22-11-5-4-6-12-22/h7,10,15,17-19H,3-6,8-9,11-14,16H2,1-2H3. The first-order chi connectivity index (χ1) is 11.2. The Labute approximate surface area is 142 Å². The molecule has 2 heterocycles. The van der Waals surface area contributed by atoms with Crippen LogP contribution >= 0.6 is 0 Å². The molecule has 4 aliphatic rings. The molecule has 0 N–H and O–H groups in total. The van der Waals surface area contributed by atoms with Crippen molar-refractivity contribution in [3.63, 3.8) is 0 Å². The SMILES string of the molecule is CCC(C)C12C=CC(N3CCC(N4CCCCC4)CC3)=CC1C2. The zero-order valence-corrected chi connectivity index (χ0v) is 15.1. The number of piperidine rings is 2. The van der Waals surface area contributed by atoms with Crippen molar-refractivity contribution in [2.45, 2.75) is 64.8 Å². The normalized spacial score (nSPS) is 36.5. The maximum atomic E-state index is 2.78. The topological polar surface area (TPSA) is 6.48 Å². The van der Waals surface area contributed by atoms with Crippen LogP contribution in [0.5, 0.6) is 0 Å². The van der Waals surface area contributed by atoms with Crippen LogP contribution in [0.15, 0.2) is 23.9 Å². The molecule has 0 spiro atoms. The fourth-order valence-electron chi connectivity index (χ4n) is 5.32. The van der Waals surface area contributed by atoms with Crippen LogP contribution in [0.3, 0.4) is 0 Å².